The molecule has 3 atom stereocenters. The number of hydrogen-bond donors (Lipinski definition) is 2. The van der Waals surface area contributed by atoms with Crippen molar-refractivity contribution >= 4 is 5.91 Å². The summed E-state index contributed by atoms with van der Waals surface area (Å²) in [4.78, 5) is 14.7. The Labute approximate surface area is 133 Å². The topological polar surface area (TPSA) is 52.6 Å². The molecule has 0 saturated carbocycles. The number of carbonyl (C=O) groups excluding carboxylic acids is 1. The lowest BCUT2D eigenvalue weighted by atomic mass is 9.91. The number of nitrogens with one attached hydrogen (secondary N) is 1. The van der Waals surface area contributed by atoms with Gasteiger partial charge in [-0.3, -0.25) is 4.79 Å². The number of amides is 1. The zero-order valence-corrected chi connectivity index (χ0v) is 13.7. The predicted octanol–water partition coefficient (Wildman–Crippen LogP) is 2.17. The maximum Gasteiger partial charge on any atom is 0.226 e. The van der Waals surface area contributed by atoms with E-state index < -0.39 is 6.10 Å². The van der Waals surface area contributed by atoms with Crippen molar-refractivity contribution in [2.45, 2.75) is 51.8 Å². The van der Waals surface area contributed by atoms with E-state index in [-0.39, 0.29) is 11.8 Å². The van der Waals surface area contributed by atoms with E-state index in [1.54, 1.807) is 0 Å². The van der Waals surface area contributed by atoms with Crippen LogP contribution in [0.4, 0.5) is 0 Å². The monoisotopic (exact) mass is 304 g/mol. The lowest BCUT2D eigenvalue weighted by molar-refractivity contribution is -0.138. The molecule has 1 aliphatic heterocycles. The molecule has 0 aliphatic carbocycles. The van der Waals surface area contributed by atoms with Crippen LogP contribution in [0.15, 0.2) is 30.3 Å². The number of nitrogens with zero attached hydrogens (tertiary/aromatic N) is 1. The molecular formula is C18H28N2O2. The molecule has 4 heteroatoms. The highest BCUT2D eigenvalue weighted by molar-refractivity contribution is 5.79. The summed E-state index contributed by atoms with van der Waals surface area (Å²) >= 11 is 0. The molecule has 1 aromatic carbocycles. The smallest absolute Gasteiger partial charge is 0.226 e. The largest absolute Gasteiger partial charge is 0.391 e. The Bertz CT molecular complexity index is 463. The van der Waals surface area contributed by atoms with E-state index >= 15 is 0 Å². The van der Waals surface area contributed by atoms with Crippen LogP contribution in [0.25, 0.3) is 0 Å². The predicted molar refractivity (Wildman–Crippen MR) is 88.3 cm³/mol. The van der Waals surface area contributed by atoms with Crippen LogP contribution in [0.2, 0.25) is 0 Å². The Morgan fingerprint density at radius 1 is 1.41 bits per heavy atom. The van der Waals surface area contributed by atoms with Gasteiger partial charge in [-0.15, -0.1) is 0 Å². The summed E-state index contributed by atoms with van der Waals surface area (Å²) in [7, 11) is 0. The van der Waals surface area contributed by atoms with Crippen LogP contribution in [0.5, 0.6) is 0 Å². The zero-order chi connectivity index (χ0) is 15.9. The Kier molecular flexibility index (Phi) is 6.40. The molecule has 0 radical (unpaired) electrons. The SMILES string of the molecule is CCC(O)CN(Cc1ccccc1)C(=O)[C@H]1CCN[C@@H](C)C1. The average molecular weight is 304 g/mol. The van der Waals surface area contributed by atoms with Gasteiger partial charge in [0.25, 0.3) is 0 Å². The molecule has 1 fully saturated rings. The first-order chi connectivity index (χ1) is 10.6. The first kappa shape index (κ1) is 17.0. The van der Waals surface area contributed by atoms with Crippen LogP contribution in [0, 0.1) is 5.92 Å². The highest BCUT2D eigenvalue weighted by atomic mass is 16.3. The van der Waals surface area contributed by atoms with Crippen LogP contribution in [0.1, 0.15) is 38.7 Å². The number of aliphatic hydroxyl groups is 1. The van der Waals surface area contributed by atoms with Gasteiger partial charge in [-0.2, -0.15) is 0 Å². The first-order valence-electron chi connectivity index (χ1n) is 8.34. The van der Waals surface area contributed by atoms with Crippen molar-refractivity contribution in [3.05, 3.63) is 35.9 Å². The summed E-state index contributed by atoms with van der Waals surface area (Å²) in [6.07, 6.45) is 1.98. The fraction of sp³-hybridized carbons (Fsp3) is 0.611. The second-order valence-corrected chi connectivity index (χ2v) is 6.34. The van der Waals surface area contributed by atoms with Crippen molar-refractivity contribution in [2.75, 3.05) is 13.1 Å². The maximum atomic E-state index is 12.9. The first-order valence-corrected chi connectivity index (χ1v) is 8.34. The minimum atomic E-state index is -0.452. The minimum absolute atomic E-state index is 0.0732. The number of aliphatic hydroxyl groups excluding tert-OH is 1. The molecular weight excluding hydrogens is 276 g/mol. The molecule has 22 heavy (non-hydrogen) atoms. The quantitative estimate of drug-likeness (QED) is 0.847. The number of rotatable bonds is 6. The van der Waals surface area contributed by atoms with Gasteiger partial charge < -0.3 is 15.3 Å². The van der Waals surface area contributed by atoms with Crippen molar-refractivity contribution in [1.82, 2.24) is 10.2 Å². The van der Waals surface area contributed by atoms with Gasteiger partial charge in [0.15, 0.2) is 0 Å². The normalized spacial score (nSPS) is 23.0. The molecule has 2 rings (SSSR count). The lowest BCUT2D eigenvalue weighted by Crippen LogP contribution is -2.45. The van der Waals surface area contributed by atoms with Gasteiger partial charge in [0, 0.05) is 25.0 Å². The van der Waals surface area contributed by atoms with Crippen LogP contribution >= 0.6 is 0 Å². The molecule has 122 valence electrons. The van der Waals surface area contributed by atoms with Crippen molar-refractivity contribution < 1.29 is 9.90 Å². The van der Waals surface area contributed by atoms with Crippen molar-refractivity contribution in [2.24, 2.45) is 5.92 Å². The number of hydrogen-bond acceptors (Lipinski definition) is 3. The average Bonchev–Trinajstić information content (AvgIpc) is 2.54. The number of piperidine rings is 1. The van der Waals surface area contributed by atoms with E-state index in [1.807, 2.05) is 42.2 Å². The van der Waals surface area contributed by atoms with Crippen LogP contribution < -0.4 is 5.32 Å². The van der Waals surface area contributed by atoms with E-state index in [1.165, 1.54) is 0 Å². The molecule has 1 saturated heterocycles. The van der Waals surface area contributed by atoms with Crippen molar-refractivity contribution in [3.63, 3.8) is 0 Å². The summed E-state index contributed by atoms with van der Waals surface area (Å²) in [5.41, 5.74) is 1.11. The molecule has 1 heterocycles. The standard InChI is InChI=1S/C18H28N2O2/c1-3-17(21)13-20(12-15-7-5-4-6-8-15)18(22)16-9-10-19-14(2)11-16/h4-8,14,16-17,19,21H,3,9-13H2,1-2H3/t14-,16-,17?/m0/s1. The third-order valence-corrected chi connectivity index (χ3v) is 4.40. The summed E-state index contributed by atoms with van der Waals surface area (Å²) in [6, 6.07) is 10.4. The molecule has 2 N–H and O–H groups in total. The fourth-order valence-corrected chi connectivity index (χ4v) is 3.03. The molecule has 4 nitrogen and oxygen atoms in total. The zero-order valence-electron chi connectivity index (χ0n) is 13.7. The van der Waals surface area contributed by atoms with Gasteiger partial charge in [-0.25, -0.2) is 0 Å². The van der Waals surface area contributed by atoms with E-state index in [4.69, 9.17) is 0 Å². The lowest BCUT2D eigenvalue weighted by Gasteiger charge is -2.33. The van der Waals surface area contributed by atoms with Crippen LogP contribution in [-0.2, 0) is 11.3 Å². The molecule has 1 aliphatic rings. The Balaban J connectivity index is 2.07. The van der Waals surface area contributed by atoms with Crippen molar-refractivity contribution in [1.29, 1.82) is 0 Å². The van der Waals surface area contributed by atoms with E-state index in [2.05, 4.69) is 12.2 Å². The van der Waals surface area contributed by atoms with Gasteiger partial charge >= 0.3 is 0 Å². The second-order valence-electron chi connectivity index (χ2n) is 6.34. The highest BCUT2D eigenvalue weighted by Crippen LogP contribution is 2.20. The van der Waals surface area contributed by atoms with E-state index in [0.717, 1.165) is 24.9 Å². The molecule has 0 aromatic heterocycles. The highest BCUT2D eigenvalue weighted by Gasteiger charge is 2.29. The summed E-state index contributed by atoms with van der Waals surface area (Å²) in [5, 5.41) is 13.4. The van der Waals surface area contributed by atoms with Gasteiger partial charge in [-0.05, 0) is 38.3 Å². The van der Waals surface area contributed by atoms with Gasteiger partial charge in [-0.1, -0.05) is 37.3 Å². The van der Waals surface area contributed by atoms with Gasteiger partial charge in [0.2, 0.25) is 5.91 Å². The summed E-state index contributed by atoms with van der Waals surface area (Å²) < 4.78 is 0. The third-order valence-electron chi connectivity index (χ3n) is 4.40. The van der Waals surface area contributed by atoms with Crippen LogP contribution in [0.3, 0.4) is 0 Å². The van der Waals surface area contributed by atoms with Crippen molar-refractivity contribution in [3.8, 4) is 0 Å². The third kappa shape index (κ3) is 4.82. The van der Waals surface area contributed by atoms with E-state index in [9.17, 15) is 9.90 Å². The van der Waals surface area contributed by atoms with E-state index in [0.29, 0.717) is 25.6 Å². The summed E-state index contributed by atoms with van der Waals surface area (Å²) in [6.45, 7) is 5.97. The molecule has 1 amide bonds. The number of benzene rings is 1. The Morgan fingerprint density at radius 2 is 2.14 bits per heavy atom. The molecule has 0 bridgehead atoms. The second kappa shape index (κ2) is 8.30. The fourth-order valence-electron chi connectivity index (χ4n) is 3.03. The minimum Gasteiger partial charge on any atom is -0.391 e. The number of carbonyl (C=O) groups is 1. The molecule has 1 unspecified atom stereocenters. The Hall–Kier alpha value is -1.39. The van der Waals surface area contributed by atoms with Crippen LogP contribution in [-0.4, -0.2) is 41.1 Å². The van der Waals surface area contributed by atoms with Gasteiger partial charge in [0.05, 0.1) is 6.10 Å². The Morgan fingerprint density at radius 3 is 2.77 bits per heavy atom. The molecule has 1 aromatic rings. The summed E-state index contributed by atoms with van der Waals surface area (Å²) in [5.74, 6) is 0.258. The maximum absolute atomic E-state index is 12.9. The van der Waals surface area contributed by atoms with Gasteiger partial charge in [0.1, 0.15) is 0 Å². The molecule has 0 spiro atoms.